The van der Waals surface area contributed by atoms with Crippen molar-refractivity contribution in [2.24, 2.45) is 5.92 Å². The van der Waals surface area contributed by atoms with Crippen LogP contribution in [-0.2, 0) is 0 Å². The Morgan fingerprint density at radius 3 is 2.53 bits per heavy atom. The molecule has 0 aliphatic heterocycles. The second kappa shape index (κ2) is 5.13. The Morgan fingerprint density at radius 1 is 1.29 bits per heavy atom. The Labute approximate surface area is 101 Å². The molecule has 1 nitrogen and oxygen atoms in total. The summed E-state index contributed by atoms with van der Waals surface area (Å²) < 4.78 is 27.5. The molecular weight excluding hydrogens is 220 g/mol. The predicted octanol–water partition coefficient (Wildman–Crippen LogP) is 3.72. The maximum absolute atomic E-state index is 13.9. The van der Waals surface area contributed by atoms with Crippen molar-refractivity contribution >= 4 is 0 Å². The first kappa shape index (κ1) is 12.5. The number of benzene rings is 1. The molecular formula is C14H19F2N. The first-order chi connectivity index (χ1) is 8.15. The summed E-state index contributed by atoms with van der Waals surface area (Å²) in [5.41, 5.74) is 0.856. The molecule has 1 saturated carbocycles. The number of halogens is 2. The summed E-state index contributed by atoms with van der Waals surface area (Å²) in [7, 11) is 0. The Kier molecular flexibility index (Phi) is 3.77. The minimum Gasteiger partial charge on any atom is -0.310 e. The van der Waals surface area contributed by atoms with E-state index in [1.54, 1.807) is 19.1 Å². The monoisotopic (exact) mass is 239 g/mol. The highest BCUT2D eigenvalue weighted by atomic mass is 19.2. The van der Waals surface area contributed by atoms with E-state index < -0.39 is 11.6 Å². The van der Waals surface area contributed by atoms with Gasteiger partial charge in [0.05, 0.1) is 0 Å². The van der Waals surface area contributed by atoms with Crippen LogP contribution >= 0.6 is 0 Å². The zero-order valence-electron chi connectivity index (χ0n) is 10.4. The van der Waals surface area contributed by atoms with Crippen LogP contribution in [-0.4, -0.2) is 6.54 Å². The van der Waals surface area contributed by atoms with Crippen molar-refractivity contribution in [3.8, 4) is 0 Å². The van der Waals surface area contributed by atoms with Gasteiger partial charge in [0, 0.05) is 11.6 Å². The smallest absolute Gasteiger partial charge is 0.163 e. The standard InChI is InChI=1S/C14H19F2N/c1-3-17-14(10-5-4-6-10)11-8-7-9(2)12(15)13(11)16/h7-8,10,14,17H,3-6H2,1-2H3. The van der Waals surface area contributed by atoms with E-state index in [-0.39, 0.29) is 6.04 Å². The highest BCUT2D eigenvalue weighted by Crippen LogP contribution is 2.39. The lowest BCUT2D eigenvalue weighted by atomic mass is 9.77. The van der Waals surface area contributed by atoms with Gasteiger partial charge in [-0.05, 0) is 37.8 Å². The SMILES string of the molecule is CCNC(c1ccc(C)c(F)c1F)C1CCC1. The molecule has 1 aliphatic carbocycles. The lowest BCUT2D eigenvalue weighted by Crippen LogP contribution is -2.33. The summed E-state index contributed by atoms with van der Waals surface area (Å²) in [6.45, 7) is 4.36. The minimum atomic E-state index is -0.704. The number of hydrogen-bond acceptors (Lipinski definition) is 1. The van der Waals surface area contributed by atoms with Gasteiger partial charge in [0.15, 0.2) is 11.6 Å². The molecule has 2 rings (SSSR count). The van der Waals surface area contributed by atoms with Gasteiger partial charge in [0.25, 0.3) is 0 Å². The molecule has 0 aromatic heterocycles. The van der Waals surface area contributed by atoms with Crippen molar-refractivity contribution in [1.29, 1.82) is 0 Å². The molecule has 1 fully saturated rings. The van der Waals surface area contributed by atoms with E-state index in [0.29, 0.717) is 17.0 Å². The van der Waals surface area contributed by atoms with Crippen molar-refractivity contribution in [3.05, 3.63) is 34.9 Å². The third-order valence-electron chi connectivity index (χ3n) is 3.69. The Bertz CT molecular complexity index is 399. The fourth-order valence-electron chi connectivity index (χ4n) is 2.42. The van der Waals surface area contributed by atoms with E-state index in [4.69, 9.17) is 0 Å². The summed E-state index contributed by atoms with van der Waals surface area (Å²) in [5, 5.41) is 3.28. The molecule has 1 aliphatic rings. The van der Waals surface area contributed by atoms with Gasteiger partial charge < -0.3 is 5.32 Å². The van der Waals surface area contributed by atoms with Gasteiger partial charge in [-0.15, -0.1) is 0 Å². The van der Waals surface area contributed by atoms with Crippen LogP contribution in [0.4, 0.5) is 8.78 Å². The van der Waals surface area contributed by atoms with Crippen molar-refractivity contribution in [2.75, 3.05) is 6.54 Å². The molecule has 1 unspecified atom stereocenters. The number of nitrogens with one attached hydrogen (secondary N) is 1. The van der Waals surface area contributed by atoms with Crippen molar-refractivity contribution in [3.63, 3.8) is 0 Å². The molecule has 0 radical (unpaired) electrons. The zero-order chi connectivity index (χ0) is 12.4. The van der Waals surface area contributed by atoms with Crippen LogP contribution in [0.1, 0.15) is 43.4 Å². The topological polar surface area (TPSA) is 12.0 Å². The maximum atomic E-state index is 13.9. The molecule has 1 aromatic carbocycles. The van der Waals surface area contributed by atoms with Crippen LogP contribution in [0.15, 0.2) is 12.1 Å². The lowest BCUT2D eigenvalue weighted by molar-refractivity contribution is 0.228. The molecule has 0 spiro atoms. The van der Waals surface area contributed by atoms with E-state index in [9.17, 15) is 8.78 Å². The van der Waals surface area contributed by atoms with Gasteiger partial charge in [-0.25, -0.2) is 8.78 Å². The van der Waals surface area contributed by atoms with E-state index >= 15 is 0 Å². The molecule has 17 heavy (non-hydrogen) atoms. The van der Waals surface area contributed by atoms with E-state index in [2.05, 4.69) is 5.32 Å². The summed E-state index contributed by atoms with van der Waals surface area (Å²) >= 11 is 0. The lowest BCUT2D eigenvalue weighted by Gasteiger charge is -2.34. The highest BCUT2D eigenvalue weighted by molar-refractivity contribution is 5.28. The van der Waals surface area contributed by atoms with E-state index in [1.165, 1.54) is 6.42 Å². The number of rotatable bonds is 4. The van der Waals surface area contributed by atoms with Gasteiger partial charge >= 0.3 is 0 Å². The van der Waals surface area contributed by atoms with E-state index in [0.717, 1.165) is 19.4 Å². The second-order valence-corrected chi connectivity index (χ2v) is 4.83. The van der Waals surface area contributed by atoms with Crippen LogP contribution in [0.25, 0.3) is 0 Å². The average molecular weight is 239 g/mol. The van der Waals surface area contributed by atoms with Gasteiger partial charge in [-0.2, -0.15) is 0 Å². The van der Waals surface area contributed by atoms with Crippen LogP contribution in [0.3, 0.4) is 0 Å². The summed E-state index contributed by atoms with van der Waals surface area (Å²) in [5.74, 6) is -0.931. The van der Waals surface area contributed by atoms with Gasteiger partial charge in [-0.3, -0.25) is 0 Å². The Balaban J connectivity index is 2.31. The zero-order valence-corrected chi connectivity index (χ0v) is 10.4. The van der Waals surface area contributed by atoms with Crippen LogP contribution < -0.4 is 5.32 Å². The quantitative estimate of drug-likeness (QED) is 0.844. The molecule has 1 atom stereocenters. The van der Waals surface area contributed by atoms with E-state index in [1.807, 2.05) is 6.92 Å². The van der Waals surface area contributed by atoms with Crippen molar-refractivity contribution < 1.29 is 8.78 Å². The summed E-state index contributed by atoms with van der Waals surface area (Å²) in [4.78, 5) is 0. The average Bonchev–Trinajstić information content (AvgIpc) is 2.23. The Hall–Kier alpha value is -0.960. The van der Waals surface area contributed by atoms with Gasteiger partial charge in [0.1, 0.15) is 0 Å². The van der Waals surface area contributed by atoms with Crippen LogP contribution in [0, 0.1) is 24.5 Å². The summed E-state index contributed by atoms with van der Waals surface area (Å²) in [6, 6.07) is 3.35. The van der Waals surface area contributed by atoms with Crippen LogP contribution in [0.5, 0.6) is 0 Å². The predicted molar refractivity (Wildman–Crippen MR) is 64.9 cm³/mol. The normalized spacial score (nSPS) is 17.9. The number of aryl methyl sites for hydroxylation is 1. The molecule has 1 aromatic rings. The Morgan fingerprint density at radius 2 is 2.00 bits per heavy atom. The first-order valence-corrected chi connectivity index (χ1v) is 6.33. The molecule has 0 bridgehead atoms. The van der Waals surface area contributed by atoms with Crippen molar-refractivity contribution in [2.45, 2.75) is 39.2 Å². The molecule has 94 valence electrons. The third-order valence-corrected chi connectivity index (χ3v) is 3.69. The highest BCUT2D eigenvalue weighted by Gasteiger charge is 2.30. The fourth-order valence-corrected chi connectivity index (χ4v) is 2.42. The fraction of sp³-hybridized carbons (Fsp3) is 0.571. The first-order valence-electron chi connectivity index (χ1n) is 6.33. The number of hydrogen-bond donors (Lipinski definition) is 1. The molecule has 0 amide bonds. The second-order valence-electron chi connectivity index (χ2n) is 4.83. The minimum absolute atomic E-state index is 0.0381. The molecule has 0 heterocycles. The van der Waals surface area contributed by atoms with Gasteiger partial charge in [0.2, 0.25) is 0 Å². The molecule has 1 N–H and O–H groups in total. The van der Waals surface area contributed by atoms with Gasteiger partial charge in [-0.1, -0.05) is 25.5 Å². The third kappa shape index (κ3) is 2.34. The molecule has 0 saturated heterocycles. The van der Waals surface area contributed by atoms with Crippen molar-refractivity contribution in [1.82, 2.24) is 5.32 Å². The molecule has 3 heteroatoms. The largest absolute Gasteiger partial charge is 0.310 e. The maximum Gasteiger partial charge on any atom is 0.163 e. The van der Waals surface area contributed by atoms with Crippen LogP contribution in [0.2, 0.25) is 0 Å². The summed E-state index contributed by atoms with van der Waals surface area (Å²) in [6.07, 6.45) is 3.40.